The van der Waals surface area contributed by atoms with E-state index in [0.29, 0.717) is 5.69 Å². The second-order valence-electron chi connectivity index (χ2n) is 6.64. The van der Waals surface area contributed by atoms with Gasteiger partial charge in [-0.3, -0.25) is 14.8 Å². The molecule has 1 N–H and O–H groups in total. The predicted molar refractivity (Wildman–Crippen MR) is 112 cm³/mol. The van der Waals surface area contributed by atoms with Crippen LogP contribution in [0, 0.1) is 0 Å². The fraction of sp³-hybridized carbons (Fsp3) is 0.300. The molecule has 0 atom stereocenters. The summed E-state index contributed by atoms with van der Waals surface area (Å²) in [5, 5.41) is 9.34. The van der Waals surface area contributed by atoms with E-state index in [4.69, 9.17) is 0 Å². The highest BCUT2D eigenvalue weighted by atomic mass is 79.9. The Morgan fingerprint density at radius 2 is 1.93 bits per heavy atom. The number of hydrogen-bond acceptors (Lipinski definition) is 4. The maximum atomic E-state index is 12.8. The van der Waals surface area contributed by atoms with Crippen molar-refractivity contribution in [3.63, 3.8) is 0 Å². The van der Waals surface area contributed by atoms with Crippen molar-refractivity contribution in [2.45, 2.75) is 6.42 Å². The smallest absolute Gasteiger partial charge is 0.271 e. The Bertz CT molecular complexity index is 883. The summed E-state index contributed by atoms with van der Waals surface area (Å²) in [5.41, 5.74) is 2.34. The number of aromatic nitrogens is 2. The van der Waals surface area contributed by atoms with E-state index in [0.717, 1.165) is 54.9 Å². The van der Waals surface area contributed by atoms with E-state index in [1.54, 1.807) is 0 Å². The molecule has 2 aromatic heterocycles. The van der Waals surface area contributed by atoms with Crippen molar-refractivity contribution in [2.24, 2.45) is 0 Å². The lowest BCUT2D eigenvalue weighted by Gasteiger charge is -2.34. The van der Waals surface area contributed by atoms with Crippen molar-refractivity contribution in [3.8, 4) is 11.3 Å². The summed E-state index contributed by atoms with van der Waals surface area (Å²) in [6, 6.07) is 14.0. The maximum absolute atomic E-state index is 12.8. The fourth-order valence-corrected chi connectivity index (χ4v) is 4.23. The zero-order chi connectivity index (χ0) is 18.6. The van der Waals surface area contributed by atoms with Crippen LogP contribution in [0.2, 0.25) is 0 Å². The van der Waals surface area contributed by atoms with Crippen molar-refractivity contribution < 1.29 is 4.79 Å². The van der Waals surface area contributed by atoms with Crippen LogP contribution >= 0.6 is 27.3 Å². The lowest BCUT2D eigenvalue weighted by molar-refractivity contribution is 0.0633. The third-order valence-electron chi connectivity index (χ3n) is 4.86. The Balaban J connectivity index is 1.32. The quantitative estimate of drug-likeness (QED) is 0.648. The van der Waals surface area contributed by atoms with Crippen molar-refractivity contribution in [1.29, 1.82) is 0 Å². The van der Waals surface area contributed by atoms with Gasteiger partial charge < -0.3 is 4.90 Å². The van der Waals surface area contributed by atoms with E-state index >= 15 is 0 Å². The van der Waals surface area contributed by atoms with Crippen molar-refractivity contribution in [1.82, 2.24) is 20.0 Å². The Hall–Kier alpha value is -1.96. The molecule has 1 aromatic carbocycles. The first kappa shape index (κ1) is 18.4. The minimum atomic E-state index is 0.0313. The van der Waals surface area contributed by atoms with Gasteiger partial charge in [0.25, 0.3) is 5.91 Å². The fourth-order valence-electron chi connectivity index (χ4n) is 3.27. The molecule has 7 heteroatoms. The number of hydrogen-bond donors (Lipinski definition) is 1. The summed E-state index contributed by atoms with van der Waals surface area (Å²) in [6.45, 7) is 4.42. The van der Waals surface area contributed by atoms with Gasteiger partial charge in [-0.05, 0) is 36.1 Å². The van der Waals surface area contributed by atoms with Crippen molar-refractivity contribution in [2.75, 3.05) is 32.7 Å². The van der Waals surface area contributed by atoms with Gasteiger partial charge in [0, 0.05) is 47.6 Å². The van der Waals surface area contributed by atoms with Crippen LogP contribution in [0.3, 0.4) is 0 Å². The number of carbonyl (C=O) groups is 1. The lowest BCUT2D eigenvalue weighted by Crippen LogP contribution is -2.49. The number of nitrogens with zero attached hydrogens (tertiary/aromatic N) is 3. The summed E-state index contributed by atoms with van der Waals surface area (Å²) < 4.78 is 1.02. The first-order valence-corrected chi connectivity index (χ1v) is 10.7. The normalized spacial score (nSPS) is 15.2. The predicted octanol–water partition coefficient (Wildman–Crippen LogP) is 3.90. The number of benzene rings is 1. The van der Waals surface area contributed by atoms with Gasteiger partial charge in [0.05, 0.1) is 5.69 Å². The average molecular weight is 445 g/mol. The highest BCUT2D eigenvalue weighted by Gasteiger charge is 2.23. The van der Waals surface area contributed by atoms with Crippen LogP contribution < -0.4 is 0 Å². The third-order valence-corrected chi connectivity index (χ3v) is 6.33. The topological polar surface area (TPSA) is 52.2 Å². The summed E-state index contributed by atoms with van der Waals surface area (Å²) in [5.74, 6) is 0.0313. The first-order valence-electron chi connectivity index (χ1n) is 9.04. The zero-order valence-corrected chi connectivity index (χ0v) is 17.3. The number of thiophene rings is 1. The first-order chi connectivity index (χ1) is 13.2. The molecule has 3 heterocycles. The van der Waals surface area contributed by atoms with Crippen LogP contribution in [0.1, 0.15) is 15.4 Å². The SMILES string of the molecule is O=C(c1cc(-c2ccc(Br)cc2)n[nH]1)N1CCN(CCc2cccs2)CC1. The number of carbonyl (C=O) groups excluding carboxylic acids is 1. The standard InChI is InChI=1S/C20H21BrN4OS/c21-16-5-3-15(4-6-16)18-14-19(23-22-18)20(26)25-11-9-24(10-12-25)8-7-17-2-1-13-27-17/h1-6,13-14H,7-12H2,(H,22,23). The van der Waals surface area contributed by atoms with Gasteiger partial charge in [-0.1, -0.05) is 34.1 Å². The number of rotatable bonds is 5. The number of nitrogens with one attached hydrogen (secondary N) is 1. The Labute approximate surface area is 171 Å². The molecule has 1 saturated heterocycles. The molecule has 0 unspecified atom stereocenters. The molecule has 1 amide bonds. The molecule has 0 aliphatic carbocycles. The van der Waals surface area contributed by atoms with Crippen LogP contribution in [-0.2, 0) is 6.42 Å². The number of H-pyrrole nitrogens is 1. The third kappa shape index (κ3) is 4.48. The molecule has 0 spiro atoms. The molecule has 3 aromatic rings. The highest BCUT2D eigenvalue weighted by Crippen LogP contribution is 2.21. The number of amides is 1. The van der Waals surface area contributed by atoms with Crippen LogP contribution in [0.15, 0.2) is 52.3 Å². The lowest BCUT2D eigenvalue weighted by atomic mass is 10.1. The van der Waals surface area contributed by atoms with Crippen molar-refractivity contribution in [3.05, 3.63) is 62.9 Å². The summed E-state index contributed by atoms with van der Waals surface area (Å²) >= 11 is 5.24. The largest absolute Gasteiger partial charge is 0.335 e. The Morgan fingerprint density at radius 1 is 1.15 bits per heavy atom. The second kappa shape index (κ2) is 8.37. The Kier molecular flexibility index (Phi) is 5.71. The van der Waals surface area contributed by atoms with E-state index in [2.05, 4.69) is 48.5 Å². The maximum Gasteiger partial charge on any atom is 0.271 e. The van der Waals surface area contributed by atoms with Crippen molar-refractivity contribution >= 4 is 33.2 Å². The van der Waals surface area contributed by atoms with E-state index < -0.39 is 0 Å². The van der Waals surface area contributed by atoms with Gasteiger partial charge in [-0.15, -0.1) is 11.3 Å². The van der Waals surface area contributed by atoms with Crippen LogP contribution in [0.4, 0.5) is 0 Å². The highest BCUT2D eigenvalue weighted by molar-refractivity contribution is 9.10. The van der Waals surface area contributed by atoms with Gasteiger partial charge >= 0.3 is 0 Å². The number of halogens is 1. The molecule has 0 saturated carbocycles. The van der Waals surface area contributed by atoms with E-state index in [1.165, 1.54) is 4.88 Å². The summed E-state index contributed by atoms with van der Waals surface area (Å²) in [4.78, 5) is 18.6. The zero-order valence-electron chi connectivity index (χ0n) is 14.9. The molecule has 1 aliphatic heterocycles. The Morgan fingerprint density at radius 3 is 2.63 bits per heavy atom. The monoisotopic (exact) mass is 444 g/mol. The number of aromatic amines is 1. The molecule has 1 aliphatic rings. The van der Waals surface area contributed by atoms with Crippen LogP contribution in [-0.4, -0.2) is 58.6 Å². The minimum Gasteiger partial charge on any atom is -0.335 e. The van der Waals surface area contributed by atoms with Gasteiger partial charge in [-0.2, -0.15) is 5.10 Å². The molecule has 1 fully saturated rings. The van der Waals surface area contributed by atoms with E-state index in [9.17, 15) is 4.79 Å². The van der Waals surface area contributed by atoms with Crippen LogP contribution in [0.5, 0.6) is 0 Å². The second-order valence-corrected chi connectivity index (χ2v) is 8.58. The summed E-state index contributed by atoms with van der Waals surface area (Å²) in [7, 11) is 0. The molecule has 27 heavy (non-hydrogen) atoms. The van der Waals surface area contributed by atoms with E-state index in [1.807, 2.05) is 46.6 Å². The summed E-state index contributed by atoms with van der Waals surface area (Å²) in [6.07, 6.45) is 1.09. The molecule has 0 radical (unpaired) electrons. The molecule has 0 bridgehead atoms. The van der Waals surface area contributed by atoms with Gasteiger partial charge in [-0.25, -0.2) is 0 Å². The molecular formula is C20H21BrN4OS. The molecular weight excluding hydrogens is 424 g/mol. The van der Waals surface area contributed by atoms with Crippen LogP contribution in [0.25, 0.3) is 11.3 Å². The number of piperazine rings is 1. The average Bonchev–Trinajstić information content (AvgIpc) is 3.39. The molecule has 5 nitrogen and oxygen atoms in total. The van der Waals surface area contributed by atoms with Gasteiger partial charge in [0.2, 0.25) is 0 Å². The minimum absolute atomic E-state index is 0.0313. The van der Waals surface area contributed by atoms with Gasteiger partial charge in [0.1, 0.15) is 5.69 Å². The molecule has 140 valence electrons. The molecule has 4 rings (SSSR count). The van der Waals surface area contributed by atoms with Gasteiger partial charge in [0.15, 0.2) is 0 Å². The van der Waals surface area contributed by atoms with E-state index in [-0.39, 0.29) is 5.91 Å².